The highest BCUT2D eigenvalue weighted by Gasteiger charge is 2.33. The van der Waals surface area contributed by atoms with Crippen LogP contribution in [-0.4, -0.2) is 12.4 Å². The maximum Gasteiger partial charge on any atom is 0.226 e. The van der Waals surface area contributed by atoms with Gasteiger partial charge in [0.1, 0.15) is 11.8 Å². The molecule has 0 radical (unpaired) electrons. The summed E-state index contributed by atoms with van der Waals surface area (Å²) in [7, 11) is 0. The van der Waals surface area contributed by atoms with Crippen LogP contribution in [0.1, 0.15) is 15.9 Å². The number of fused-ring (bicyclic) bond motifs is 1. The number of carbonyl (C=O) groups excluding carboxylic acids is 1. The molecular formula is C16H11ClN2O2. The van der Waals surface area contributed by atoms with Gasteiger partial charge in [-0.1, -0.05) is 48.0 Å². The highest BCUT2D eigenvalue weighted by molar-refractivity contribution is 6.27. The van der Waals surface area contributed by atoms with Crippen molar-refractivity contribution >= 4 is 23.1 Å². The number of nitrogens with one attached hydrogen (secondary N) is 1. The van der Waals surface area contributed by atoms with E-state index in [9.17, 15) is 10.1 Å². The molecule has 0 bridgehead atoms. The largest absolute Gasteiger partial charge is 0.485 e. The van der Waals surface area contributed by atoms with Gasteiger partial charge in [-0.15, -0.1) is 0 Å². The fraction of sp³-hybridized carbons (Fsp3) is 0.125. The second kappa shape index (κ2) is 5.12. The van der Waals surface area contributed by atoms with Gasteiger partial charge in [0.05, 0.1) is 11.3 Å². The molecule has 1 heterocycles. The number of benzene rings is 2. The molecule has 0 aromatic heterocycles. The molecule has 1 atom stereocenters. The number of anilines is 1. The highest BCUT2D eigenvalue weighted by atomic mass is 35.5. The molecule has 0 amide bonds. The minimum absolute atomic E-state index is 0.0151. The van der Waals surface area contributed by atoms with Crippen LogP contribution in [0.25, 0.3) is 0 Å². The molecule has 1 unspecified atom stereocenters. The Kier molecular flexibility index (Phi) is 3.28. The molecule has 2 aromatic rings. The molecule has 21 heavy (non-hydrogen) atoms. The fourth-order valence-electron chi connectivity index (χ4n) is 2.28. The molecule has 0 saturated heterocycles. The van der Waals surface area contributed by atoms with E-state index in [4.69, 9.17) is 16.3 Å². The van der Waals surface area contributed by atoms with E-state index < -0.39 is 5.00 Å². The Hall–Kier alpha value is -2.51. The zero-order valence-corrected chi connectivity index (χ0v) is 11.7. The summed E-state index contributed by atoms with van der Waals surface area (Å²) in [5.41, 5.74) is 1.54. The maximum absolute atomic E-state index is 11.9. The first-order chi connectivity index (χ1) is 10.1. The van der Waals surface area contributed by atoms with Crippen LogP contribution in [-0.2, 0) is 5.00 Å². The lowest BCUT2D eigenvalue weighted by atomic mass is 10.0. The summed E-state index contributed by atoms with van der Waals surface area (Å²) in [5, 5.41) is 12.4. The Labute approximate surface area is 126 Å². The van der Waals surface area contributed by atoms with Gasteiger partial charge < -0.3 is 10.1 Å². The van der Waals surface area contributed by atoms with Crippen molar-refractivity contribution in [3.05, 3.63) is 59.7 Å². The number of hydrogen-bond donors (Lipinski definition) is 1. The first kappa shape index (κ1) is 13.5. The molecule has 1 N–H and O–H groups in total. The summed E-state index contributed by atoms with van der Waals surface area (Å²) in [6.45, 7) is 0.0151. The Morgan fingerprint density at radius 2 is 1.95 bits per heavy atom. The van der Waals surface area contributed by atoms with Crippen molar-refractivity contribution in [2.75, 3.05) is 11.9 Å². The van der Waals surface area contributed by atoms with Crippen LogP contribution in [0, 0.1) is 11.3 Å². The summed E-state index contributed by atoms with van der Waals surface area (Å²) in [6, 6.07) is 16.2. The number of ether oxygens (including phenoxy) is 1. The molecule has 2 aromatic carbocycles. The quantitative estimate of drug-likeness (QED) is 0.697. The van der Waals surface area contributed by atoms with Crippen molar-refractivity contribution in [1.82, 2.24) is 0 Å². The normalized spacial score (nSPS) is 15.5. The van der Waals surface area contributed by atoms with Gasteiger partial charge in [-0.25, -0.2) is 0 Å². The number of halogens is 1. The first-order valence-corrected chi connectivity index (χ1v) is 6.75. The van der Waals surface area contributed by atoms with Gasteiger partial charge in [0.25, 0.3) is 0 Å². The molecule has 1 aliphatic heterocycles. The van der Waals surface area contributed by atoms with E-state index in [-0.39, 0.29) is 12.4 Å². The van der Waals surface area contributed by atoms with Crippen LogP contribution in [0.4, 0.5) is 5.69 Å². The lowest BCUT2D eigenvalue weighted by Crippen LogP contribution is -2.27. The van der Waals surface area contributed by atoms with E-state index in [0.29, 0.717) is 22.6 Å². The first-order valence-electron chi connectivity index (χ1n) is 6.37. The van der Waals surface area contributed by atoms with Crippen LogP contribution in [0.5, 0.6) is 5.75 Å². The lowest BCUT2D eigenvalue weighted by molar-refractivity contribution is 0.0961. The van der Waals surface area contributed by atoms with E-state index in [2.05, 4.69) is 11.4 Å². The number of hydrogen-bond acceptors (Lipinski definition) is 4. The molecule has 104 valence electrons. The number of nitrogens with zero attached hydrogens (tertiary/aromatic N) is 1. The smallest absolute Gasteiger partial charge is 0.226 e. The zero-order valence-electron chi connectivity index (χ0n) is 11.0. The van der Waals surface area contributed by atoms with Crippen molar-refractivity contribution in [2.24, 2.45) is 0 Å². The summed E-state index contributed by atoms with van der Waals surface area (Å²) in [5.74, 6) is 0.383. The van der Waals surface area contributed by atoms with Gasteiger partial charge in [0, 0.05) is 5.56 Å². The third-order valence-electron chi connectivity index (χ3n) is 3.30. The summed E-state index contributed by atoms with van der Waals surface area (Å²) in [4.78, 5) is 10.5. The van der Waals surface area contributed by atoms with Gasteiger partial charge in [-0.05, 0) is 12.1 Å². The predicted molar refractivity (Wildman–Crippen MR) is 79.5 cm³/mol. The summed E-state index contributed by atoms with van der Waals surface area (Å²) in [6.07, 6.45) is 0. The highest BCUT2D eigenvalue weighted by Crippen LogP contribution is 2.36. The minimum atomic E-state index is -1.45. The van der Waals surface area contributed by atoms with Crippen LogP contribution in [0.3, 0.4) is 0 Å². The third-order valence-corrected chi connectivity index (χ3v) is 3.69. The SMILES string of the molecule is N#CC(Cl)(Nc1cccc2c1C(=O)CO2)c1ccccc1. The van der Waals surface area contributed by atoms with Gasteiger partial charge in [0.15, 0.2) is 6.61 Å². The Balaban J connectivity index is 2.02. The van der Waals surface area contributed by atoms with E-state index in [1.807, 2.05) is 6.07 Å². The standard InChI is InChI=1S/C16H11ClN2O2/c17-16(10-18,11-5-2-1-3-6-11)19-12-7-4-8-14-15(12)13(20)9-21-14/h1-8,19H,9H2. The number of nitriles is 1. The van der Waals surface area contributed by atoms with Crippen LogP contribution < -0.4 is 10.1 Å². The maximum atomic E-state index is 11.9. The Morgan fingerprint density at radius 1 is 1.19 bits per heavy atom. The van der Waals surface area contributed by atoms with Crippen molar-refractivity contribution in [1.29, 1.82) is 5.26 Å². The minimum Gasteiger partial charge on any atom is -0.485 e. The number of ketones is 1. The van der Waals surface area contributed by atoms with E-state index >= 15 is 0 Å². The van der Waals surface area contributed by atoms with Gasteiger partial charge >= 0.3 is 0 Å². The predicted octanol–water partition coefficient (Wildman–Crippen LogP) is 3.29. The van der Waals surface area contributed by atoms with Crippen LogP contribution in [0.15, 0.2) is 48.5 Å². The second-order valence-corrected chi connectivity index (χ2v) is 5.22. The summed E-state index contributed by atoms with van der Waals surface area (Å²) >= 11 is 6.41. The van der Waals surface area contributed by atoms with Crippen LogP contribution in [0.2, 0.25) is 0 Å². The van der Waals surface area contributed by atoms with E-state index in [1.165, 1.54) is 0 Å². The average molecular weight is 299 g/mol. The van der Waals surface area contributed by atoms with Crippen LogP contribution >= 0.6 is 11.6 Å². The zero-order chi connectivity index (χ0) is 14.9. The van der Waals surface area contributed by atoms with Gasteiger partial charge in [0.2, 0.25) is 10.8 Å². The molecule has 0 spiro atoms. The molecular weight excluding hydrogens is 288 g/mol. The van der Waals surface area contributed by atoms with Gasteiger partial charge in [-0.3, -0.25) is 4.79 Å². The topological polar surface area (TPSA) is 62.1 Å². The molecule has 4 nitrogen and oxygen atoms in total. The number of carbonyl (C=O) groups is 1. The molecule has 0 aliphatic carbocycles. The van der Waals surface area contributed by atoms with E-state index in [1.54, 1.807) is 42.5 Å². The second-order valence-electron chi connectivity index (χ2n) is 4.65. The van der Waals surface area contributed by atoms with Crippen molar-refractivity contribution in [3.8, 4) is 11.8 Å². The van der Waals surface area contributed by atoms with E-state index in [0.717, 1.165) is 0 Å². The molecule has 0 fully saturated rings. The molecule has 0 saturated carbocycles. The summed E-state index contributed by atoms with van der Waals surface area (Å²) < 4.78 is 5.29. The fourth-order valence-corrected chi connectivity index (χ4v) is 2.50. The molecule has 5 heteroatoms. The number of Topliss-reactive ketones (excluding diaryl/α,β-unsaturated/α-hetero) is 1. The number of rotatable bonds is 3. The van der Waals surface area contributed by atoms with Crippen molar-refractivity contribution in [2.45, 2.75) is 5.00 Å². The third kappa shape index (κ3) is 2.32. The van der Waals surface area contributed by atoms with Crippen molar-refractivity contribution < 1.29 is 9.53 Å². The molecule has 1 aliphatic rings. The average Bonchev–Trinajstić information content (AvgIpc) is 2.91. The lowest BCUT2D eigenvalue weighted by Gasteiger charge is -2.23. The van der Waals surface area contributed by atoms with Gasteiger partial charge in [-0.2, -0.15) is 5.26 Å². The number of alkyl halides is 1. The Morgan fingerprint density at radius 3 is 2.67 bits per heavy atom. The van der Waals surface area contributed by atoms with Crippen molar-refractivity contribution in [3.63, 3.8) is 0 Å². The Bertz CT molecular complexity index is 740. The monoisotopic (exact) mass is 298 g/mol. The molecule has 3 rings (SSSR count).